The maximum absolute atomic E-state index is 13.7. The Labute approximate surface area is 140 Å². The lowest BCUT2D eigenvalue weighted by Gasteiger charge is -2.17. The highest BCUT2D eigenvalue weighted by molar-refractivity contribution is 7.92. The van der Waals surface area contributed by atoms with Gasteiger partial charge >= 0.3 is 0 Å². The number of hydrogen-bond acceptors (Lipinski definition) is 3. The van der Waals surface area contributed by atoms with E-state index in [0.717, 1.165) is 18.2 Å². The molecule has 0 aliphatic carbocycles. The van der Waals surface area contributed by atoms with Crippen LogP contribution in [-0.4, -0.2) is 15.5 Å². The summed E-state index contributed by atoms with van der Waals surface area (Å²) in [6.45, 7) is 5.39. The third-order valence-corrected chi connectivity index (χ3v) is 5.13. The van der Waals surface area contributed by atoms with E-state index in [-0.39, 0.29) is 10.8 Å². The molecule has 24 heavy (non-hydrogen) atoms. The van der Waals surface area contributed by atoms with E-state index in [9.17, 15) is 17.2 Å². The van der Waals surface area contributed by atoms with Gasteiger partial charge in [0.05, 0.1) is 12.0 Å². The highest BCUT2D eigenvalue weighted by Gasteiger charge is 2.23. The first-order valence-electron chi connectivity index (χ1n) is 7.32. The molecule has 7 heteroatoms. The van der Waals surface area contributed by atoms with Crippen molar-refractivity contribution in [3.8, 4) is 5.75 Å². The van der Waals surface area contributed by atoms with E-state index in [1.165, 1.54) is 13.2 Å². The van der Waals surface area contributed by atoms with Gasteiger partial charge in [0.25, 0.3) is 10.0 Å². The summed E-state index contributed by atoms with van der Waals surface area (Å²) in [7, 11) is -2.65. The highest BCUT2D eigenvalue weighted by Crippen LogP contribution is 2.32. The largest absolute Gasteiger partial charge is 0.496 e. The Morgan fingerprint density at radius 1 is 1.12 bits per heavy atom. The van der Waals surface area contributed by atoms with Crippen LogP contribution >= 0.6 is 0 Å². The maximum atomic E-state index is 13.7. The first-order valence-corrected chi connectivity index (χ1v) is 8.81. The van der Waals surface area contributed by atoms with E-state index in [1.54, 1.807) is 13.0 Å². The van der Waals surface area contributed by atoms with Crippen LogP contribution in [0.5, 0.6) is 5.75 Å². The molecule has 2 aromatic rings. The van der Waals surface area contributed by atoms with Crippen LogP contribution in [0, 0.1) is 18.6 Å². The quantitative estimate of drug-likeness (QED) is 0.874. The SMILES string of the molecule is COc1cc(C)c(S(=O)(=O)Nc2c(F)cccc2F)cc1C(C)C. The number of para-hydroxylation sites is 1. The average Bonchev–Trinajstić information content (AvgIpc) is 2.50. The predicted octanol–water partition coefficient (Wildman–Crippen LogP) is 4.21. The fourth-order valence-electron chi connectivity index (χ4n) is 2.38. The molecule has 0 bridgehead atoms. The molecule has 2 rings (SSSR count). The Bertz CT molecular complexity index is 844. The zero-order chi connectivity index (χ0) is 18.1. The minimum absolute atomic E-state index is 0.0136. The van der Waals surface area contributed by atoms with Crippen LogP contribution in [0.1, 0.15) is 30.9 Å². The first kappa shape index (κ1) is 18.2. The van der Waals surface area contributed by atoms with Crippen LogP contribution in [-0.2, 0) is 10.0 Å². The number of ether oxygens (including phenoxy) is 1. The topological polar surface area (TPSA) is 55.4 Å². The molecular weight excluding hydrogens is 336 g/mol. The molecule has 0 spiro atoms. The van der Waals surface area contributed by atoms with Gasteiger partial charge in [-0.15, -0.1) is 0 Å². The third kappa shape index (κ3) is 3.51. The van der Waals surface area contributed by atoms with E-state index < -0.39 is 27.3 Å². The molecule has 0 amide bonds. The van der Waals surface area contributed by atoms with Gasteiger partial charge in [0.15, 0.2) is 0 Å². The summed E-state index contributed by atoms with van der Waals surface area (Å²) in [6.07, 6.45) is 0. The molecule has 0 heterocycles. The number of benzene rings is 2. The van der Waals surface area contributed by atoms with Crippen molar-refractivity contribution in [2.24, 2.45) is 0 Å². The number of hydrogen-bond donors (Lipinski definition) is 1. The summed E-state index contributed by atoms with van der Waals surface area (Å²) >= 11 is 0. The molecule has 0 unspecified atom stereocenters. The van der Waals surface area contributed by atoms with Crippen molar-refractivity contribution in [2.75, 3.05) is 11.8 Å². The summed E-state index contributed by atoms with van der Waals surface area (Å²) < 4.78 is 60.0. The zero-order valence-electron chi connectivity index (χ0n) is 13.9. The van der Waals surface area contributed by atoms with Crippen molar-refractivity contribution in [2.45, 2.75) is 31.6 Å². The third-order valence-electron chi connectivity index (χ3n) is 3.64. The molecule has 0 aliphatic heterocycles. The molecule has 0 saturated heterocycles. The molecule has 0 saturated carbocycles. The van der Waals surface area contributed by atoms with Gasteiger partial charge in [-0.05, 0) is 48.2 Å². The summed E-state index contributed by atoms with van der Waals surface area (Å²) in [4.78, 5) is -0.0466. The number of sulfonamides is 1. The van der Waals surface area contributed by atoms with E-state index in [1.807, 2.05) is 18.6 Å². The zero-order valence-corrected chi connectivity index (χ0v) is 14.7. The molecule has 0 atom stereocenters. The number of halogens is 2. The Kier molecular flexibility index (Phi) is 5.13. The van der Waals surface area contributed by atoms with Gasteiger partial charge in [0.2, 0.25) is 0 Å². The van der Waals surface area contributed by atoms with Gasteiger partial charge in [0.1, 0.15) is 23.1 Å². The number of rotatable bonds is 5. The normalized spacial score (nSPS) is 11.6. The monoisotopic (exact) mass is 355 g/mol. The second-order valence-electron chi connectivity index (χ2n) is 5.72. The first-order chi connectivity index (χ1) is 11.2. The molecule has 2 aromatic carbocycles. The average molecular weight is 355 g/mol. The minimum atomic E-state index is -4.16. The van der Waals surface area contributed by atoms with Crippen molar-refractivity contribution in [3.63, 3.8) is 0 Å². The summed E-state index contributed by atoms with van der Waals surface area (Å²) in [6, 6.07) is 6.21. The molecule has 0 aromatic heterocycles. The Hall–Kier alpha value is -2.15. The van der Waals surface area contributed by atoms with Crippen molar-refractivity contribution >= 4 is 15.7 Å². The van der Waals surface area contributed by atoms with Gasteiger partial charge in [-0.25, -0.2) is 17.2 Å². The molecular formula is C17H19F2NO3S. The Morgan fingerprint density at radius 3 is 2.21 bits per heavy atom. The number of nitrogens with one attached hydrogen (secondary N) is 1. The molecule has 4 nitrogen and oxygen atoms in total. The lowest BCUT2D eigenvalue weighted by atomic mass is 10.0. The van der Waals surface area contributed by atoms with Gasteiger partial charge in [-0.2, -0.15) is 0 Å². The van der Waals surface area contributed by atoms with Crippen LogP contribution in [0.15, 0.2) is 35.2 Å². The number of methoxy groups -OCH3 is 1. The van der Waals surface area contributed by atoms with Crippen LogP contribution in [0.3, 0.4) is 0 Å². The van der Waals surface area contributed by atoms with Crippen LogP contribution in [0.2, 0.25) is 0 Å². The van der Waals surface area contributed by atoms with E-state index in [0.29, 0.717) is 16.9 Å². The molecule has 1 N–H and O–H groups in total. The van der Waals surface area contributed by atoms with Crippen LogP contribution in [0.4, 0.5) is 14.5 Å². The van der Waals surface area contributed by atoms with Gasteiger partial charge in [-0.3, -0.25) is 4.72 Å². The lowest BCUT2D eigenvalue weighted by molar-refractivity contribution is 0.406. The second kappa shape index (κ2) is 6.76. The summed E-state index contributed by atoms with van der Waals surface area (Å²) in [5, 5.41) is 0. The maximum Gasteiger partial charge on any atom is 0.262 e. The number of anilines is 1. The lowest BCUT2D eigenvalue weighted by Crippen LogP contribution is -2.17. The summed E-state index contributed by atoms with van der Waals surface area (Å²) in [5.74, 6) is -1.37. The summed E-state index contributed by atoms with van der Waals surface area (Å²) in [5.41, 5.74) is 0.414. The van der Waals surface area contributed by atoms with Crippen molar-refractivity contribution in [1.29, 1.82) is 0 Å². The van der Waals surface area contributed by atoms with Crippen molar-refractivity contribution < 1.29 is 21.9 Å². The molecule has 130 valence electrons. The Balaban J connectivity index is 2.56. The van der Waals surface area contributed by atoms with Gasteiger partial charge in [0, 0.05) is 0 Å². The minimum Gasteiger partial charge on any atom is -0.496 e. The smallest absolute Gasteiger partial charge is 0.262 e. The number of aryl methyl sites for hydroxylation is 1. The fourth-order valence-corrected chi connectivity index (χ4v) is 3.72. The Morgan fingerprint density at radius 2 is 1.71 bits per heavy atom. The van der Waals surface area contributed by atoms with Crippen LogP contribution in [0.25, 0.3) is 0 Å². The van der Waals surface area contributed by atoms with E-state index >= 15 is 0 Å². The van der Waals surface area contributed by atoms with Gasteiger partial charge in [-0.1, -0.05) is 19.9 Å². The standard InChI is InChI=1S/C17H19F2NO3S/c1-10(2)12-9-16(11(3)8-15(12)23-4)24(21,22)20-17-13(18)6-5-7-14(17)19/h5-10,20H,1-4H3. The van der Waals surface area contributed by atoms with E-state index in [2.05, 4.69) is 0 Å². The predicted molar refractivity (Wildman–Crippen MR) is 89.0 cm³/mol. The van der Waals surface area contributed by atoms with Crippen molar-refractivity contribution in [1.82, 2.24) is 0 Å². The molecule has 0 radical (unpaired) electrons. The molecule has 0 fully saturated rings. The fraction of sp³-hybridized carbons (Fsp3) is 0.294. The molecule has 0 aliphatic rings. The highest BCUT2D eigenvalue weighted by atomic mass is 32.2. The second-order valence-corrected chi connectivity index (χ2v) is 7.37. The van der Waals surface area contributed by atoms with Crippen molar-refractivity contribution in [3.05, 3.63) is 53.1 Å². The van der Waals surface area contributed by atoms with Crippen LogP contribution < -0.4 is 9.46 Å². The van der Waals surface area contributed by atoms with E-state index in [4.69, 9.17) is 4.74 Å². The van der Waals surface area contributed by atoms with Gasteiger partial charge < -0.3 is 4.74 Å².